The normalized spacial score (nSPS) is 15.6. The Hall–Kier alpha value is -3.00. The van der Waals surface area contributed by atoms with Gasteiger partial charge in [-0.25, -0.2) is 9.37 Å². The number of furan rings is 1. The number of nitrogens with one attached hydrogen (secondary N) is 1. The third kappa shape index (κ3) is 4.71. The highest BCUT2D eigenvalue weighted by molar-refractivity contribution is 5.78. The summed E-state index contributed by atoms with van der Waals surface area (Å²) in [5.41, 5.74) is 0.233. The van der Waals surface area contributed by atoms with Crippen molar-refractivity contribution in [1.82, 2.24) is 19.8 Å². The fourth-order valence-corrected chi connectivity index (χ4v) is 3.72. The number of amides is 1. The van der Waals surface area contributed by atoms with E-state index in [9.17, 15) is 14.0 Å². The van der Waals surface area contributed by atoms with Crippen LogP contribution in [0.15, 0.2) is 52.1 Å². The fraction of sp³-hybridized carbons (Fsp3) is 0.381. The summed E-state index contributed by atoms with van der Waals surface area (Å²) in [6.07, 6.45) is 4.89. The lowest BCUT2D eigenvalue weighted by Crippen LogP contribution is -2.42. The minimum atomic E-state index is -0.400. The number of piperidine rings is 1. The first-order valence-corrected chi connectivity index (χ1v) is 9.74. The summed E-state index contributed by atoms with van der Waals surface area (Å²) in [6, 6.07) is 7.66. The summed E-state index contributed by atoms with van der Waals surface area (Å²) in [5.74, 6) is 0.647. The first-order valence-electron chi connectivity index (χ1n) is 9.74. The lowest BCUT2D eigenvalue weighted by Gasteiger charge is -2.31. The zero-order chi connectivity index (χ0) is 20.2. The molecule has 0 saturated carbocycles. The van der Waals surface area contributed by atoms with E-state index in [1.54, 1.807) is 16.9 Å². The van der Waals surface area contributed by atoms with E-state index in [0.717, 1.165) is 31.7 Å². The van der Waals surface area contributed by atoms with Gasteiger partial charge in [0.25, 0.3) is 5.56 Å². The van der Waals surface area contributed by atoms with Gasteiger partial charge in [0.15, 0.2) is 0 Å². The van der Waals surface area contributed by atoms with Gasteiger partial charge in [-0.2, -0.15) is 0 Å². The molecule has 4 rings (SSSR count). The van der Waals surface area contributed by atoms with Crippen LogP contribution < -0.4 is 10.9 Å². The summed E-state index contributed by atoms with van der Waals surface area (Å²) < 4.78 is 20.1. The van der Waals surface area contributed by atoms with Crippen molar-refractivity contribution in [2.45, 2.75) is 25.9 Å². The van der Waals surface area contributed by atoms with Crippen LogP contribution in [0.3, 0.4) is 0 Å². The second-order valence-electron chi connectivity index (χ2n) is 7.44. The predicted molar refractivity (Wildman–Crippen MR) is 106 cm³/mol. The Morgan fingerprint density at radius 2 is 2.10 bits per heavy atom. The second-order valence-corrected chi connectivity index (χ2v) is 7.44. The minimum Gasteiger partial charge on any atom is -0.467 e. The van der Waals surface area contributed by atoms with Gasteiger partial charge in [-0.05, 0) is 56.1 Å². The van der Waals surface area contributed by atoms with Crippen molar-refractivity contribution in [3.8, 4) is 0 Å². The Balaban J connectivity index is 1.28. The number of nitrogens with zero attached hydrogens (tertiary/aromatic N) is 3. The molecular weight excluding hydrogens is 375 g/mol. The van der Waals surface area contributed by atoms with Crippen LogP contribution in [-0.4, -0.2) is 40.0 Å². The molecule has 0 spiro atoms. The number of fused-ring (bicyclic) bond motifs is 1. The highest BCUT2D eigenvalue weighted by Gasteiger charge is 2.22. The van der Waals surface area contributed by atoms with Crippen LogP contribution in [-0.2, 0) is 17.9 Å². The monoisotopic (exact) mass is 398 g/mol. The number of hydrogen-bond acceptors (Lipinski definition) is 5. The van der Waals surface area contributed by atoms with E-state index >= 15 is 0 Å². The number of carbonyl (C=O) groups excluding carboxylic acids is 1. The molecule has 1 saturated heterocycles. The van der Waals surface area contributed by atoms with Crippen LogP contribution in [0.25, 0.3) is 10.9 Å². The molecule has 1 fully saturated rings. The Kier molecular flexibility index (Phi) is 5.71. The molecule has 8 heteroatoms. The molecule has 3 aromatic rings. The van der Waals surface area contributed by atoms with Gasteiger partial charge in [0.1, 0.15) is 11.6 Å². The number of aromatic nitrogens is 2. The number of benzene rings is 1. The number of hydrogen-bond donors (Lipinski definition) is 1. The third-order valence-corrected chi connectivity index (χ3v) is 5.36. The van der Waals surface area contributed by atoms with Gasteiger partial charge in [0.2, 0.25) is 5.91 Å². The summed E-state index contributed by atoms with van der Waals surface area (Å²) in [6.45, 7) is 2.94. The van der Waals surface area contributed by atoms with Crippen LogP contribution >= 0.6 is 0 Å². The quantitative estimate of drug-likeness (QED) is 0.688. The number of carbonyl (C=O) groups is 1. The van der Waals surface area contributed by atoms with E-state index in [0.29, 0.717) is 36.5 Å². The molecule has 1 aromatic carbocycles. The van der Waals surface area contributed by atoms with E-state index in [1.807, 2.05) is 6.07 Å². The van der Waals surface area contributed by atoms with Crippen LogP contribution in [0.2, 0.25) is 0 Å². The van der Waals surface area contributed by atoms with Crippen molar-refractivity contribution in [3.63, 3.8) is 0 Å². The van der Waals surface area contributed by atoms with E-state index in [-0.39, 0.29) is 11.5 Å². The minimum absolute atomic E-state index is 0.0259. The van der Waals surface area contributed by atoms with Crippen LogP contribution in [0.1, 0.15) is 18.6 Å². The second kappa shape index (κ2) is 8.57. The molecular formula is C21H23FN4O3. The number of likely N-dealkylation sites (tertiary alicyclic amines) is 1. The summed E-state index contributed by atoms with van der Waals surface area (Å²) in [4.78, 5) is 31.1. The molecule has 1 amide bonds. The fourth-order valence-electron chi connectivity index (χ4n) is 3.72. The van der Waals surface area contributed by atoms with Crippen LogP contribution in [0.4, 0.5) is 4.39 Å². The average Bonchev–Trinajstić information content (AvgIpc) is 3.24. The first kappa shape index (κ1) is 19.3. The van der Waals surface area contributed by atoms with Gasteiger partial charge >= 0.3 is 0 Å². The third-order valence-electron chi connectivity index (χ3n) is 5.36. The van der Waals surface area contributed by atoms with Crippen molar-refractivity contribution in [3.05, 3.63) is 64.9 Å². The molecule has 0 aliphatic carbocycles. The Morgan fingerprint density at radius 3 is 2.86 bits per heavy atom. The van der Waals surface area contributed by atoms with E-state index < -0.39 is 5.82 Å². The highest BCUT2D eigenvalue weighted by Crippen LogP contribution is 2.19. The molecule has 29 heavy (non-hydrogen) atoms. The summed E-state index contributed by atoms with van der Waals surface area (Å²) in [5, 5.41) is 3.29. The van der Waals surface area contributed by atoms with Gasteiger partial charge in [-0.1, -0.05) is 0 Å². The molecule has 1 aliphatic rings. The van der Waals surface area contributed by atoms with Crippen molar-refractivity contribution in [2.75, 3.05) is 19.6 Å². The predicted octanol–water partition coefficient (Wildman–Crippen LogP) is 2.16. The standard InChI is InChI=1S/C21H23FN4O3/c22-16-3-4-18-19(10-16)24-14-26(21(18)28)12-15-5-7-25(8-6-15)13-20(27)23-11-17-2-1-9-29-17/h1-4,9-10,14-15H,5-8,11-13H2,(H,23,27). The Morgan fingerprint density at radius 1 is 1.28 bits per heavy atom. The van der Waals surface area contributed by atoms with E-state index in [2.05, 4.69) is 15.2 Å². The molecule has 0 radical (unpaired) electrons. The smallest absolute Gasteiger partial charge is 0.261 e. The van der Waals surface area contributed by atoms with E-state index in [4.69, 9.17) is 4.42 Å². The van der Waals surface area contributed by atoms with Gasteiger partial charge < -0.3 is 9.73 Å². The molecule has 0 unspecified atom stereocenters. The van der Waals surface area contributed by atoms with Crippen molar-refractivity contribution >= 4 is 16.8 Å². The zero-order valence-corrected chi connectivity index (χ0v) is 16.0. The maximum atomic E-state index is 13.3. The first-order chi connectivity index (χ1) is 14.1. The lowest BCUT2D eigenvalue weighted by atomic mass is 9.96. The van der Waals surface area contributed by atoms with Crippen LogP contribution in [0.5, 0.6) is 0 Å². The SMILES string of the molecule is O=C(CN1CCC(Cn2cnc3cc(F)ccc3c2=O)CC1)NCc1ccco1. The Labute approximate surface area is 167 Å². The molecule has 2 aromatic heterocycles. The maximum absolute atomic E-state index is 13.3. The van der Waals surface area contributed by atoms with Gasteiger partial charge in [-0.15, -0.1) is 0 Å². The largest absolute Gasteiger partial charge is 0.467 e. The molecule has 0 atom stereocenters. The molecule has 152 valence electrons. The van der Waals surface area contributed by atoms with Crippen molar-refractivity contribution < 1.29 is 13.6 Å². The molecule has 3 heterocycles. The van der Waals surface area contributed by atoms with E-state index in [1.165, 1.54) is 24.5 Å². The van der Waals surface area contributed by atoms with Crippen LogP contribution in [0, 0.1) is 11.7 Å². The van der Waals surface area contributed by atoms with Gasteiger partial charge in [0.05, 0.1) is 36.6 Å². The molecule has 7 nitrogen and oxygen atoms in total. The maximum Gasteiger partial charge on any atom is 0.261 e. The molecule has 1 aliphatic heterocycles. The van der Waals surface area contributed by atoms with Crippen molar-refractivity contribution in [1.29, 1.82) is 0 Å². The lowest BCUT2D eigenvalue weighted by molar-refractivity contribution is -0.122. The van der Waals surface area contributed by atoms with Crippen molar-refractivity contribution in [2.24, 2.45) is 5.92 Å². The molecule has 1 N–H and O–H groups in total. The Bertz CT molecular complexity index is 1040. The summed E-state index contributed by atoms with van der Waals surface area (Å²) in [7, 11) is 0. The summed E-state index contributed by atoms with van der Waals surface area (Å²) >= 11 is 0. The van der Waals surface area contributed by atoms with Gasteiger partial charge in [-0.3, -0.25) is 19.1 Å². The number of rotatable bonds is 6. The molecule has 0 bridgehead atoms. The highest BCUT2D eigenvalue weighted by atomic mass is 19.1. The number of halogens is 1. The van der Waals surface area contributed by atoms with Gasteiger partial charge in [0, 0.05) is 12.6 Å². The zero-order valence-electron chi connectivity index (χ0n) is 16.0. The topological polar surface area (TPSA) is 80.4 Å². The average molecular weight is 398 g/mol.